The van der Waals surface area contributed by atoms with Crippen LogP contribution in [0.5, 0.6) is 11.5 Å². The van der Waals surface area contributed by atoms with Crippen molar-refractivity contribution < 1.29 is 23.7 Å². The van der Waals surface area contributed by atoms with Crippen LogP contribution in [-0.4, -0.2) is 70.9 Å². The third-order valence-corrected chi connectivity index (χ3v) is 5.45. The van der Waals surface area contributed by atoms with Gasteiger partial charge in [-0.25, -0.2) is 9.67 Å². The zero-order valence-corrected chi connectivity index (χ0v) is 15.4. The lowest BCUT2D eigenvalue weighted by atomic mass is 10.1. The highest BCUT2D eigenvalue weighted by Gasteiger charge is 2.39. The summed E-state index contributed by atoms with van der Waals surface area (Å²) in [5.41, 5.74) is 1.06. The molecule has 28 heavy (non-hydrogen) atoms. The Kier molecular flexibility index (Phi) is 4.61. The van der Waals surface area contributed by atoms with Crippen molar-refractivity contribution in [1.82, 2.24) is 19.7 Å². The number of hydrogen-bond acceptors (Lipinski definition) is 7. The van der Waals surface area contributed by atoms with E-state index in [2.05, 4.69) is 10.1 Å². The molecule has 0 unspecified atom stereocenters. The molecule has 9 heteroatoms. The Hall–Kier alpha value is -2.65. The molecule has 5 rings (SSSR count). The van der Waals surface area contributed by atoms with Gasteiger partial charge in [-0.2, -0.15) is 5.10 Å². The van der Waals surface area contributed by atoms with Gasteiger partial charge in [0.2, 0.25) is 12.7 Å². The number of amides is 1. The minimum Gasteiger partial charge on any atom is -0.454 e. The fourth-order valence-corrected chi connectivity index (χ4v) is 3.85. The second kappa shape index (κ2) is 7.40. The van der Waals surface area contributed by atoms with E-state index in [-0.39, 0.29) is 30.9 Å². The van der Waals surface area contributed by atoms with Gasteiger partial charge in [-0.05, 0) is 24.1 Å². The molecule has 0 N–H and O–H groups in total. The highest BCUT2D eigenvalue weighted by Crippen LogP contribution is 2.33. The van der Waals surface area contributed by atoms with Crippen LogP contribution in [-0.2, 0) is 20.7 Å². The molecular formula is C19H22N4O5. The van der Waals surface area contributed by atoms with Crippen LogP contribution < -0.4 is 9.47 Å². The van der Waals surface area contributed by atoms with Crippen molar-refractivity contribution in [2.45, 2.75) is 31.1 Å². The lowest BCUT2D eigenvalue weighted by Crippen LogP contribution is -2.31. The molecule has 2 atom stereocenters. The van der Waals surface area contributed by atoms with Crippen molar-refractivity contribution in [2.24, 2.45) is 0 Å². The van der Waals surface area contributed by atoms with E-state index in [4.69, 9.17) is 18.9 Å². The summed E-state index contributed by atoms with van der Waals surface area (Å²) in [5, 5.41) is 4.16. The van der Waals surface area contributed by atoms with Crippen LogP contribution in [0, 0.1) is 0 Å². The standard InChI is InChI=1S/C19H22N4O5/c24-19(4-2-13-1-3-15-16(5-13)28-12-27-15)22-6-17-18(7-22)26-9-14(8-25-17)23-11-20-10-21-23/h1,3,5,10-11,14,17-18H,2,4,6-9,12H2/t17-,18-/m0/s1. The maximum Gasteiger partial charge on any atom is 0.231 e. The molecular weight excluding hydrogens is 364 g/mol. The van der Waals surface area contributed by atoms with Crippen molar-refractivity contribution in [1.29, 1.82) is 0 Å². The zero-order valence-electron chi connectivity index (χ0n) is 15.4. The Balaban J connectivity index is 1.14. The topological polar surface area (TPSA) is 87.9 Å². The highest BCUT2D eigenvalue weighted by atomic mass is 16.7. The number of fused-ring (bicyclic) bond motifs is 2. The number of benzene rings is 1. The molecule has 2 aromatic rings. The van der Waals surface area contributed by atoms with E-state index in [9.17, 15) is 4.79 Å². The van der Waals surface area contributed by atoms with Crippen LogP contribution in [0.3, 0.4) is 0 Å². The number of hydrogen-bond donors (Lipinski definition) is 0. The molecule has 148 valence electrons. The lowest BCUT2D eigenvalue weighted by Gasteiger charge is -2.18. The zero-order chi connectivity index (χ0) is 18.9. The quantitative estimate of drug-likeness (QED) is 0.768. The summed E-state index contributed by atoms with van der Waals surface area (Å²) in [7, 11) is 0. The fraction of sp³-hybridized carbons (Fsp3) is 0.526. The van der Waals surface area contributed by atoms with Crippen LogP contribution in [0.25, 0.3) is 0 Å². The van der Waals surface area contributed by atoms with Crippen LogP contribution >= 0.6 is 0 Å². The predicted octanol–water partition coefficient (Wildman–Crippen LogP) is 0.807. The number of ether oxygens (including phenoxy) is 4. The third-order valence-electron chi connectivity index (χ3n) is 5.45. The summed E-state index contributed by atoms with van der Waals surface area (Å²) in [6.45, 7) is 2.39. The molecule has 1 amide bonds. The number of aromatic nitrogens is 3. The molecule has 2 saturated heterocycles. The Bertz CT molecular complexity index is 827. The Morgan fingerprint density at radius 2 is 1.89 bits per heavy atom. The summed E-state index contributed by atoms with van der Waals surface area (Å²) >= 11 is 0. The number of rotatable bonds is 4. The third kappa shape index (κ3) is 3.43. The molecule has 0 spiro atoms. The van der Waals surface area contributed by atoms with Gasteiger partial charge in [-0.3, -0.25) is 4.79 Å². The molecule has 4 heterocycles. The molecule has 0 saturated carbocycles. The first-order valence-electron chi connectivity index (χ1n) is 9.50. The second-order valence-electron chi connectivity index (χ2n) is 7.26. The molecule has 0 radical (unpaired) electrons. The number of carbonyl (C=O) groups excluding carboxylic acids is 1. The monoisotopic (exact) mass is 386 g/mol. The summed E-state index contributed by atoms with van der Waals surface area (Å²) in [4.78, 5) is 18.5. The molecule has 3 aliphatic heterocycles. The Morgan fingerprint density at radius 3 is 2.64 bits per heavy atom. The van der Waals surface area contributed by atoms with Gasteiger partial charge in [0.05, 0.1) is 13.2 Å². The van der Waals surface area contributed by atoms with Crippen LogP contribution in [0.2, 0.25) is 0 Å². The van der Waals surface area contributed by atoms with Gasteiger partial charge in [-0.1, -0.05) is 6.07 Å². The van der Waals surface area contributed by atoms with Crippen LogP contribution in [0.15, 0.2) is 30.9 Å². The van der Waals surface area contributed by atoms with Gasteiger partial charge >= 0.3 is 0 Å². The van der Waals surface area contributed by atoms with E-state index in [1.165, 1.54) is 6.33 Å². The predicted molar refractivity (Wildman–Crippen MR) is 96.0 cm³/mol. The molecule has 3 aliphatic rings. The number of likely N-dealkylation sites (tertiary alicyclic amines) is 1. The van der Waals surface area contributed by atoms with Gasteiger partial charge in [0.15, 0.2) is 11.5 Å². The minimum absolute atomic E-state index is 0.0169. The van der Waals surface area contributed by atoms with Crippen molar-refractivity contribution in [3.63, 3.8) is 0 Å². The van der Waals surface area contributed by atoms with Crippen molar-refractivity contribution in [2.75, 3.05) is 33.1 Å². The lowest BCUT2D eigenvalue weighted by molar-refractivity contribution is -0.131. The summed E-state index contributed by atoms with van der Waals surface area (Å²) in [5.74, 6) is 1.62. The summed E-state index contributed by atoms with van der Waals surface area (Å²) in [6, 6.07) is 5.83. The number of carbonyl (C=O) groups is 1. The highest BCUT2D eigenvalue weighted by molar-refractivity contribution is 5.77. The molecule has 1 aromatic heterocycles. The normalized spacial score (nSPS) is 24.2. The molecule has 2 fully saturated rings. The fourth-order valence-electron chi connectivity index (χ4n) is 3.85. The van der Waals surface area contributed by atoms with Gasteiger partial charge in [-0.15, -0.1) is 0 Å². The van der Waals surface area contributed by atoms with Crippen LogP contribution in [0.1, 0.15) is 18.0 Å². The maximum absolute atomic E-state index is 12.7. The first kappa shape index (κ1) is 17.4. The largest absolute Gasteiger partial charge is 0.454 e. The molecule has 9 nitrogen and oxygen atoms in total. The summed E-state index contributed by atoms with van der Waals surface area (Å²) < 4.78 is 24.5. The van der Waals surface area contributed by atoms with Gasteiger partial charge in [0.25, 0.3) is 0 Å². The average Bonchev–Trinajstić information content (AvgIpc) is 3.45. The first-order valence-corrected chi connectivity index (χ1v) is 9.50. The van der Waals surface area contributed by atoms with Crippen molar-refractivity contribution in [3.05, 3.63) is 36.4 Å². The molecule has 0 aliphatic carbocycles. The first-order chi connectivity index (χ1) is 13.8. The second-order valence-corrected chi connectivity index (χ2v) is 7.26. The van der Waals surface area contributed by atoms with Crippen LogP contribution in [0.4, 0.5) is 0 Å². The Labute approximate surface area is 162 Å². The van der Waals surface area contributed by atoms with Gasteiger partial charge in [0.1, 0.15) is 30.9 Å². The number of aryl methyl sites for hydroxylation is 1. The maximum atomic E-state index is 12.7. The smallest absolute Gasteiger partial charge is 0.231 e. The van der Waals surface area contributed by atoms with E-state index >= 15 is 0 Å². The van der Waals surface area contributed by atoms with E-state index in [0.717, 1.165) is 17.1 Å². The average molecular weight is 386 g/mol. The van der Waals surface area contributed by atoms with E-state index in [1.807, 2.05) is 23.1 Å². The molecule has 0 bridgehead atoms. The van der Waals surface area contributed by atoms with Crippen molar-refractivity contribution >= 4 is 5.91 Å². The minimum atomic E-state index is -0.0944. The van der Waals surface area contributed by atoms with E-state index in [1.54, 1.807) is 11.0 Å². The molecule has 1 aromatic carbocycles. The SMILES string of the molecule is O=C(CCc1ccc2c(c1)OCO2)N1C[C@@H]2OCC(n3cncn3)CO[C@H]2C1. The number of nitrogens with zero attached hydrogens (tertiary/aromatic N) is 4. The van der Waals surface area contributed by atoms with E-state index < -0.39 is 0 Å². The van der Waals surface area contributed by atoms with Crippen molar-refractivity contribution in [3.8, 4) is 11.5 Å². The van der Waals surface area contributed by atoms with Gasteiger partial charge < -0.3 is 23.8 Å². The summed E-state index contributed by atoms with van der Waals surface area (Å²) in [6.07, 6.45) is 4.10. The van der Waals surface area contributed by atoms with E-state index in [0.29, 0.717) is 39.1 Å². The Morgan fingerprint density at radius 1 is 1.11 bits per heavy atom. The van der Waals surface area contributed by atoms with Gasteiger partial charge in [0, 0.05) is 19.5 Å².